The van der Waals surface area contributed by atoms with Crippen LogP contribution in [0.25, 0.3) is 11.4 Å². The monoisotopic (exact) mass is 320 g/mol. The van der Waals surface area contributed by atoms with Crippen LogP contribution in [0.1, 0.15) is 13.8 Å². The summed E-state index contributed by atoms with van der Waals surface area (Å²) >= 11 is 5.28. The van der Waals surface area contributed by atoms with Gasteiger partial charge < -0.3 is 10.2 Å². The van der Waals surface area contributed by atoms with Crippen LogP contribution in [-0.4, -0.2) is 40.3 Å². The van der Waals surface area contributed by atoms with Crippen molar-refractivity contribution >= 4 is 18.1 Å². The summed E-state index contributed by atoms with van der Waals surface area (Å²) in [5.41, 5.74) is 0.988. The number of nitrogens with zero attached hydrogens (tertiary/aromatic N) is 2. The van der Waals surface area contributed by atoms with Crippen LogP contribution < -0.4 is 10.2 Å². The predicted molar refractivity (Wildman–Crippen MR) is 87.9 cm³/mol. The van der Waals surface area contributed by atoms with Crippen LogP contribution in [0.2, 0.25) is 0 Å². The molecule has 1 amide bonds. The first-order chi connectivity index (χ1) is 10.5. The van der Waals surface area contributed by atoms with Crippen molar-refractivity contribution in [3.8, 4) is 11.4 Å². The fourth-order valence-electron chi connectivity index (χ4n) is 2.16. The van der Waals surface area contributed by atoms with E-state index in [4.69, 9.17) is 12.2 Å². The normalized spacial score (nSPS) is 12.4. The summed E-state index contributed by atoms with van der Waals surface area (Å²) in [6.07, 6.45) is 0. The molecular formula is C15H22N5OS+. The molecule has 7 heteroatoms. The Labute approximate surface area is 135 Å². The topological polar surface area (TPSA) is 67.2 Å². The van der Waals surface area contributed by atoms with Gasteiger partial charge in [0, 0.05) is 11.6 Å². The molecule has 22 heavy (non-hydrogen) atoms. The number of amides is 1. The molecular weight excluding hydrogens is 298 g/mol. The molecule has 3 N–H and O–H groups in total. The number of nitrogens with one attached hydrogen (secondary N) is 3. The van der Waals surface area contributed by atoms with Gasteiger partial charge in [0.2, 0.25) is 4.77 Å². The van der Waals surface area contributed by atoms with Gasteiger partial charge in [-0.05, 0) is 26.1 Å². The molecule has 0 saturated carbocycles. The van der Waals surface area contributed by atoms with Crippen molar-refractivity contribution in [2.45, 2.75) is 26.6 Å². The van der Waals surface area contributed by atoms with E-state index in [0.717, 1.165) is 16.3 Å². The number of rotatable bonds is 6. The minimum absolute atomic E-state index is 0.0295. The Morgan fingerprint density at radius 1 is 1.41 bits per heavy atom. The zero-order chi connectivity index (χ0) is 16.1. The maximum atomic E-state index is 11.8. The summed E-state index contributed by atoms with van der Waals surface area (Å²) in [7, 11) is 1.95. The third-order valence-corrected chi connectivity index (χ3v) is 3.38. The van der Waals surface area contributed by atoms with E-state index in [-0.39, 0.29) is 11.9 Å². The van der Waals surface area contributed by atoms with Crippen LogP contribution >= 0.6 is 12.2 Å². The Morgan fingerprint density at radius 3 is 2.73 bits per heavy atom. The minimum Gasteiger partial charge on any atom is -0.349 e. The number of hydrogen-bond acceptors (Lipinski definition) is 3. The van der Waals surface area contributed by atoms with Gasteiger partial charge in [-0.1, -0.05) is 30.3 Å². The molecule has 0 fully saturated rings. The highest BCUT2D eigenvalue weighted by atomic mass is 32.1. The van der Waals surface area contributed by atoms with Crippen molar-refractivity contribution in [1.29, 1.82) is 0 Å². The number of H-pyrrole nitrogens is 1. The second-order valence-electron chi connectivity index (χ2n) is 5.66. The van der Waals surface area contributed by atoms with Crippen molar-refractivity contribution in [2.75, 3.05) is 13.6 Å². The van der Waals surface area contributed by atoms with E-state index < -0.39 is 0 Å². The maximum Gasteiger partial charge on any atom is 0.275 e. The number of likely N-dealkylation sites (N-methyl/N-ethyl adjacent to an activating group) is 1. The first-order valence-electron chi connectivity index (χ1n) is 7.28. The number of aromatic amines is 1. The molecule has 1 unspecified atom stereocenters. The van der Waals surface area contributed by atoms with Gasteiger partial charge >= 0.3 is 0 Å². The van der Waals surface area contributed by atoms with Gasteiger partial charge in [-0.25, -0.2) is 4.68 Å². The highest BCUT2D eigenvalue weighted by molar-refractivity contribution is 7.71. The number of aromatic nitrogens is 3. The van der Waals surface area contributed by atoms with E-state index in [2.05, 4.69) is 15.4 Å². The molecule has 0 saturated heterocycles. The Morgan fingerprint density at radius 2 is 2.09 bits per heavy atom. The summed E-state index contributed by atoms with van der Waals surface area (Å²) in [5.74, 6) is 0.770. The smallest absolute Gasteiger partial charge is 0.275 e. The fourth-order valence-corrected chi connectivity index (χ4v) is 2.36. The first-order valence-corrected chi connectivity index (χ1v) is 7.69. The van der Waals surface area contributed by atoms with Gasteiger partial charge in [-0.15, -0.1) is 0 Å². The highest BCUT2D eigenvalue weighted by Crippen LogP contribution is 2.13. The Balaban J connectivity index is 2.03. The van der Waals surface area contributed by atoms with Gasteiger partial charge in [0.15, 0.2) is 19.0 Å². The Kier molecular flexibility index (Phi) is 5.46. The van der Waals surface area contributed by atoms with Crippen molar-refractivity contribution in [1.82, 2.24) is 20.1 Å². The molecule has 1 aromatic carbocycles. The average molecular weight is 320 g/mol. The predicted octanol–water partition coefficient (Wildman–Crippen LogP) is 0.604. The minimum atomic E-state index is 0.0295. The van der Waals surface area contributed by atoms with Crippen molar-refractivity contribution in [3.05, 3.63) is 35.1 Å². The number of carbonyl (C=O) groups excluding carboxylic acids is 1. The third kappa shape index (κ3) is 4.51. The third-order valence-electron chi connectivity index (χ3n) is 3.07. The van der Waals surface area contributed by atoms with Gasteiger partial charge in [-0.3, -0.25) is 9.89 Å². The quantitative estimate of drug-likeness (QED) is 0.683. The average Bonchev–Trinajstić information content (AvgIpc) is 2.80. The van der Waals surface area contributed by atoms with Crippen molar-refractivity contribution < 1.29 is 9.69 Å². The molecule has 6 nitrogen and oxygen atoms in total. The van der Waals surface area contributed by atoms with E-state index >= 15 is 0 Å². The van der Waals surface area contributed by atoms with Crippen LogP contribution in [0, 0.1) is 4.77 Å². The van der Waals surface area contributed by atoms with E-state index in [1.165, 1.54) is 0 Å². The van der Waals surface area contributed by atoms with Crippen molar-refractivity contribution in [2.24, 2.45) is 0 Å². The van der Waals surface area contributed by atoms with Crippen LogP contribution in [0.4, 0.5) is 0 Å². The molecule has 0 bridgehead atoms. The molecule has 2 rings (SSSR count). The largest absolute Gasteiger partial charge is 0.349 e. The molecule has 2 aromatic rings. The molecule has 1 aromatic heterocycles. The summed E-state index contributed by atoms with van der Waals surface area (Å²) in [4.78, 5) is 17.2. The molecule has 1 heterocycles. The Bertz CT molecular complexity index is 677. The number of hydrogen-bond donors (Lipinski definition) is 3. The zero-order valence-electron chi connectivity index (χ0n) is 13.1. The summed E-state index contributed by atoms with van der Waals surface area (Å²) in [6.45, 7) is 4.85. The lowest BCUT2D eigenvalue weighted by Crippen LogP contribution is -3.09. The van der Waals surface area contributed by atoms with Gasteiger partial charge in [0.25, 0.3) is 5.91 Å². The maximum absolute atomic E-state index is 11.8. The van der Waals surface area contributed by atoms with Crippen LogP contribution in [0.5, 0.6) is 0 Å². The second-order valence-corrected chi connectivity index (χ2v) is 6.03. The Hall–Kier alpha value is -1.99. The molecule has 0 radical (unpaired) electrons. The molecule has 118 valence electrons. The molecule has 0 aliphatic heterocycles. The number of carbonyl (C=O) groups is 1. The summed E-state index contributed by atoms with van der Waals surface area (Å²) < 4.78 is 2.28. The van der Waals surface area contributed by atoms with E-state index in [1.807, 2.05) is 51.2 Å². The van der Waals surface area contributed by atoms with E-state index in [1.54, 1.807) is 4.68 Å². The lowest BCUT2D eigenvalue weighted by atomic mass is 10.2. The SMILES string of the molecule is CC(C)NC(=O)C[NH+](C)Cn1[nH]c(-c2ccccc2)nc1=S. The zero-order valence-corrected chi connectivity index (χ0v) is 13.9. The number of quaternary nitrogens is 1. The first kappa shape index (κ1) is 16.4. The summed E-state index contributed by atoms with van der Waals surface area (Å²) in [5, 5.41) is 6.08. The van der Waals surface area contributed by atoms with E-state index in [9.17, 15) is 4.79 Å². The van der Waals surface area contributed by atoms with Crippen molar-refractivity contribution in [3.63, 3.8) is 0 Å². The molecule has 0 aliphatic rings. The lowest BCUT2D eigenvalue weighted by Gasteiger charge is -2.15. The van der Waals surface area contributed by atoms with Crippen LogP contribution in [0.15, 0.2) is 30.3 Å². The molecule has 0 spiro atoms. The highest BCUT2D eigenvalue weighted by Gasteiger charge is 2.13. The van der Waals surface area contributed by atoms with Gasteiger partial charge in [0.05, 0.1) is 7.05 Å². The van der Waals surface area contributed by atoms with Gasteiger partial charge in [-0.2, -0.15) is 4.98 Å². The standard InChI is InChI=1S/C15H21N5OS/c1-11(2)16-13(21)9-19(3)10-20-15(22)17-14(18-20)12-7-5-4-6-8-12/h4-8,11H,9-10H2,1-3H3,(H,16,21)(H,17,18,22)/p+1. The second kappa shape index (κ2) is 7.33. The summed E-state index contributed by atoms with van der Waals surface area (Å²) in [6, 6.07) is 9.98. The fraction of sp³-hybridized carbons (Fsp3) is 0.400. The van der Waals surface area contributed by atoms with Crippen LogP contribution in [-0.2, 0) is 11.5 Å². The molecule has 0 aliphatic carbocycles. The number of benzene rings is 1. The van der Waals surface area contributed by atoms with E-state index in [0.29, 0.717) is 18.0 Å². The molecule has 1 atom stereocenters. The lowest BCUT2D eigenvalue weighted by molar-refractivity contribution is -0.895. The van der Waals surface area contributed by atoms with Crippen LogP contribution in [0.3, 0.4) is 0 Å². The van der Waals surface area contributed by atoms with Gasteiger partial charge in [0.1, 0.15) is 0 Å².